The van der Waals surface area contributed by atoms with E-state index in [1.807, 2.05) is 13.8 Å². The second-order valence-corrected chi connectivity index (χ2v) is 2.38. The maximum Gasteiger partial charge on any atom is 0.120 e. The van der Waals surface area contributed by atoms with Gasteiger partial charge in [-0.05, 0) is 11.8 Å². The van der Waals surface area contributed by atoms with Crippen LogP contribution in [-0.2, 0) is 4.79 Å². The molecule has 0 aromatic heterocycles. The summed E-state index contributed by atoms with van der Waals surface area (Å²) >= 11 is 0. The molecule has 47 valence electrons. The van der Waals surface area contributed by atoms with Crippen molar-refractivity contribution in [3.8, 4) is 0 Å². The molecule has 1 unspecified atom stereocenters. The Bertz CT molecular complexity index is 66.8. The molecule has 0 rings (SSSR count). The molecule has 0 saturated carbocycles. The van der Waals surface area contributed by atoms with Crippen LogP contribution < -0.4 is 0 Å². The zero-order valence-electron chi connectivity index (χ0n) is 5.77. The van der Waals surface area contributed by atoms with E-state index in [1.165, 1.54) is 5.92 Å². The van der Waals surface area contributed by atoms with Crippen molar-refractivity contribution >= 4 is 6.29 Å². The van der Waals surface area contributed by atoms with Gasteiger partial charge in [0.15, 0.2) is 0 Å². The van der Waals surface area contributed by atoms with E-state index in [2.05, 4.69) is 6.92 Å². The molecule has 0 saturated heterocycles. The van der Waals surface area contributed by atoms with Crippen LogP contribution in [0.3, 0.4) is 0 Å². The molecule has 0 aromatic carbocycles. The lowest BCUT2D eigenvalue weighted by molar-refractivity contribution is -0.108. The third-order valence-electron chi connectivity index (χ3n) is 1.44. The first-order valence-corrected chi connectivity index (χ1v) is 2.92. The Hall–Kier alpha value is -0.330. The van der Waals surface area contributed by atoms with Crippen LogP contribution in [0.1, 0.15) is 27.2 Å². The summed E-state index contributed by atoms with van der Waals surface area (Å²) in [5, 5.41) is 0. The van der Waals surface area contributed by atoms with Gasteiger partial charge in [-0.3, -0.25) is 0 Å². The number of rotatable bonds is 3. The zero-order chi connectivity index (χ0) is 6.57. The molecular formula is C7H13O. The third kappa shape index (κ3) is 2.78. The molecule has 0 bridgehead atoms. The average molecular weight is 113 g/mol. The Kier molecular flexibility index (Phi) is 3.49. The van der Waals surface area contributed by atoms with E-state index in [9.17, 15) is 4.79 Å². The second-order valence-electron chi connectivity index (χ2n) is 2.38. The number of aldehydes is 1. The van der Waals surface area contributed by atoms with E-state index in [0.29, 0.717) is 12.3 Å². The lowest BCUT2D eigenvalue weighted by Crippen LogP contribution is -2.01. The van der Waals surface area contributed by atoms with Crippen LogP contribution in [0.15, 0.2) is 0 Å². The number of hydrogen-bond donors (Lipinski definition) is 0. The van der Waals surface area contributed by atoms with Crippen LogP contribution in [0.4, 0.5) is 0 Å². The van der Waals surface area contributed by atoms with Crippen molar-refractivity contribution in [2.24, 2.45) is 5.92 Å². The smallest absolute Gasteiger partial charge is 0.120 e. The first-order chi connectivity index (χ1) is 3.68. The summed E-state index contributed by atoms with van der Waals surface area (Å²) in [4.78, 5) is 9.91. The topological polar surface area (TPSA) is 17.1 Å². The van der Waals surface area contributed by atoms with E-state index >= 15 is 0 Å². The van der Waals surface area contributed by atoms with Gasteiger partial charge in [-0.2, -0.15) is 0 Å². The highest BCUT2D eigenvalue weighted by Gasteiger charge is 2.04. The summed E-state index contributed by atoms with van der Waals surface area (Å²) in [7, 11) is 0. The normalized spacial score (nSPS) is 14.0. The molecule has 0 spiro atoms. The Balaban J connectivity index is 3.30. The fourth-order valence-corrected chi connectivity index (χ4v) is 0.380. The number of carbonyl (C=O) groups excluding carboxylic acids is 1. The average Bonchev–Trinajstić information content (AvgIpc) is 1.67. The monoisotopic (exact) mass is 113 g/mol. The van der Waals surface area contributed by atoms with Crippen molar-refractivity contribution in [1.29, 1.82) is 0 Å². The molecular weight excluding hydrogens is 100 g/mol. The minimum Gasteiger partial charge on any atom is -0.303 e. The maximum absolute atomic E-state index is 9.91. The van der Waals surface area contributed by atoms with Gasteiger partial charge >= 0.3 is 0 Å². The van der Waals surface area contributed by atoms with E-state index in [4.69, 9.17) is 0 Å². The maximum atomic E-state index is 9.91. The summed E-state index contributed by atoms with van der Waals surface area (Å²) in [6.07, 6.45) is 1.64. The second kappa shape index (κ2) is 3.65. The first-order valence-electron chi connectivity index (χ1n) is 2.92. The Labute approximate surface area is 51.1 Å². The van der Waals surface area contributed by atoms with E-state index in [-0.39, 0.29) is 0 Å². The Morgan fingerprint density at radius 3 is 2.25 bits per heavy atom. The van der Waals surface area contributed by atoms with Gasteiger partial charge in [-0.15, -0.1) is 0 Å². The predicted octanol–water partition coefficient (Wildman–Crippen LogP) is 1.83. The molecule has 0 aliphatic rings. The molecule has 0 aliphatic carbocycles. The molecule has 0 N–H and O–H groups in total. The molecule has 1 heteroatoms. The minimum absolute atomic E-state index is 0.465. The lowest BCUT2D eigenvalue weighted by Gasteiger charge is -2.09. The molecule has 0 aromatic rings. The number of carbonyl (C=O) groups is 1. The zero-order valence-corrected chi connectivity index (χ0v) is 5.77. The van der Waals surface area contributed by atoms with E-state index in [1.54, 1.807) is 0 Å². The van der Waals surface area contributed by atoms with Crippen LogP contribution in [0.2, 0.25) is 0 Å². The molecule has 0 heterocycles. The van der Waals surface area contributed by atoms with Gasteiger partial charge in [-0.1, -0.05) is 20.8 Å². The molecule has 1 atom stereocenters. The minimum atomic E-state index is 0.465. The van der Waals surface area contributed by atoms with Crippen molar-refractivity contribution in [1.82, 2.24) is 0 Å². The molecule has 8 heavy (non-hydrogen) atoms. The van der Waals surface area contributed by atoms with Crippen molar-refractivity contribution < 1.29 is 4.79 Å². The molecule has 0 aliphatic heterocycles. The van der Waals surface area contributed by atoms with Crippen molar-refractivity contribution in [3.05, 3.63) is 5.92 Å². The third-order valence-corrected chi connectivity index (χ3v) is 1.44. The van der Waals surface area contributed by atoms with Crippen LogP contribution >= 0.6 is 0 Å². The molecule has 1 radical (unpaired) electrons. The standard InChI is InChI=1S/C7H13O/c1-6(2)7(3)4-5-8/h5,7H,4H2,1-3H3. The highest BCUT2D eigenvalue weighted by molar-refractivity contribution is 5.50. The molecule has 1 nitrogen and oxygen atoms in total. The van der Waals surface area contributed by atoms with Crippen LogP contribution in [0.25, 0.3) is 0 Å². The van der Waals surface area contributed by atoms with Gasteiger partial charge in [0.25, 0.3) is 0 Å². The van der Waals surface area contributed by atoms with Crippen molar-refractivity contribution in [2.45, 2.75) is 27.2 Å². The summed E-state index contributed by atoms with van der Waals surface area (Å²) in [5.74, 6) is 1.80. The lowest BCUT2D eigenvalue weighted by atomic mass is 9.96. The highest BCUT2D eigenvalue weighted by Crippen LogP contribution is 2.13. The summed E-state index contributed by atoms with van der Waals surface area (Å²) < 4.78 is 0. The van der Waals surface area contributed by atoms with Gasteiger partial charge < -0.3 is 4.79 Å². The van der Waals surface area contributed by atoms with Crippen molar-refractivity contribution in [3.63, 3.8) is 0 Å². The largest absolute Gasteiger partial charge is 0.303 e. The molecule has 0 amide bonds. The van der Waals surface area contributed by atoms with Crippen molar-refractivity contribution in [2.75, 3.05) is 0 Å². The summed E-state index contributed by atoms with van der Waals surface area (Å²) in [6.45, 7) is 6.16. The van der Waals surface area contributed by atoms with Gasteiger partial charge in [0.2, 0.25) is 0 Å². The summed E-state index contributed by atoms with van der Waals surface area (Å²) in [6, 6.07) is 0. The Morgan fingerprint density at radius 1 is 1.62 bits per heavy atom. The highest BCUT2D eigenvalue weighted by atomic mass is 16.1. The predicted molar refractivity (Wildman–Crippen MR) is 34.4 cm³/mol. The fraction of sp³-hybridized carbons (Fsp3) is 0.714. The fourth-order valence-electron chi connectivity index (χ4n) is 0.380. The van der Waals surface area contributed by atoms with E-state index < -0.39 is 0 Å². The molecule has 0 fully saturated rings. The first kappa shape index (κ1) is 7.67. The van der Waals surface area contributed by atoms with Gasteiger partial charge in [-0.25, -0.2) is 0 Å². The van der Waals surface area contributed by atoms with Gasteiger partial charge in [0.1, 0.15) is 6.29 Å². The number of hydrogen-bond acceptors (Lipinski definition) is 1. The Morgan fingerprint density at radius 2 is 2.12 bits per heavy atom. The SMILES string of the molecule is C[C](C)C(C)CC=O. The van der Waals surface area contributed by atoms with E-state index in [0.717, 1.165) is 6.29 Å². The van der Waals surface area contributed by atoms with Gasteiger partial charge in [0.05, 0.1) is 0 Å². The quantitative estimate of drug-likeness (QED) is 0.510. The van der Waals surface area contributed by atoms with Gasteiger partial charge in [0, 0.05) is 6.42 Å². The van der Waals surface area contributed by atoms with Crippen LogP contribution in [-0.4, -0.2) is 6.29 Å². The van der Waals surface area contributed by atoms with Crippen LogP contribution in [0, 0.1) is 11.8 Å². The summed E-state index contributed by atoms with van der Waals surface area (Å²) in [5.41, 5.74) is 0. The van der Waals surface area contributed by atoms with Crippen LogP contribution in [0.5, 0.6) is 0 Å².